The van der Waals surface area contributed by atoms with Gasteiger partial charge in [0.15, 0.2) is 5.58 Å². The Balaban J connectivity index is 1.79. The lowest BCUT2D eigenvalue weighted by molar-refractivity contribution is 0.503. The predicted molar refractivity (Wildman–Crippen MR) is 84.1 cm³/mol. The van der Waals surface area contributed by atoms with Crippen LogP contribution >= 0.6 is 11.6 Å². The molecule has 4 aromatic rings. The molecular weight excluding hydrogens is 302 g/mol. The molecule has 0 aliphatic rings. The minimum Gasteiger partial charge on any atom is -0.439 e. The first kappa shape index (κ1) is 13.0. The van der Waals surface area contributed by atoms with Crippen molar-refractivity contribution in [2.75, 3.05) is 0 Å². The van der Waals surface area contributed by atoms with Crippen LogP contribution in [0.2, 0.25) is 5.02 Å². The maximum atomic E-state index is 12.5. The van der Waals surface area contributed by atoms with Gasteiger partial charge in [0.05, 0.1) is 17.2 Å². The lowest BCUT2D eigenvalue weighted by Crippen LogP contribution is -2.21. The van der Waals surface area contributed by atoms with Crippen LogP contribution in [0.5, 0.6) is 0 Å². The first-order valence-electron chi connectivity index (χ1n) is 6.70. The average Bonchev–Trinajstić information content (AvgIpc) is 2.92. The van der Waals surface area contributed by atoms with E-state index in [0.717, 1.165) is 5.52 Å². The minimum absolute atomic E-state index is 0.149. The zero-order valence-electron chi connectivity index (χ0n) is 11.4. The summed E-state index contributed by atoms with van der Waals surface area (Å²) in [6, 6.07) is 12.5. The van der Waals surface area contributed by atoms with Gasteiger partial charge in [0.25, 0.3) is 5.56 Å². The van der Waals surface area contributed by atoms with Crippen molar-refractivity contribution in [3.63, 3.8) is 0 Å². The fraction of sp³-hybridized carbons (Fsp3) is 0.0625. The van der Waals surface area contributed by atoms with E-state index in [1.165, 1.54) is 10.9 Å². The van der Waals surface area contributed by atoms with Crippen molar-refractivity contribution < 1.29 is 4.42 Å². The SMILES string of the molecule is O=c1c2ccc(Cl)cc2ncn1Cc1nc2ccccc2o1. The van der Waals surface area contributed by atoms with Crippen LogP contribution in [0.4, 0.5) is 0 Å². The molecule has 108 valence electrons. The second-order valence-electron chi connectivity index (χ2n) is 4.91. The Labute approximate surface area is 129 Å². The van der Waals surface area contributed by atoms with Gasteiger partial charge < -0.3 is 4.42 Å². The van der Waals surface area contributed by atoms with Gasteiger partial charge in [0, 0.05) is 5.02 Å². The van der Waals surface area contributed by atoms with Gasteiger partial charge in [-0.15, -0.1) is 0 Å². The molecule has 0 saturated carbocycles. The number of halogens is 1. The fourth-order valence-electron chi connectivity index (χ4n) is 2.38. The molecule has 22 heavy (non-hydrogen) atoms. The number of rotatable bonds is 2. The van der Waals surface area contributed by atoms with Crippen LogP contribution in [0.3, 0.4) is 0 Å². The summed E-state index contributed by atoms with van der Waals surface area (Å²) in [5, 5.41) is 1.07. The van der Waals surface area contributed by atoms with E-state index in [9.17, 15) is 4.79 Å². The van der Waals surface area contributed by atoms with Gasteiger partial charge in [-0.2, -0.15) is 0 Å². The number of hydrogen-bond donors (Lipinski definition) is 0. The molecule has 0 fully saturated rings. The van der Waals surface area contributed by atoms with Crippen LogP contribution in [0.25, 0.3) is 22.0 Å². The predicted octanol–water partition coefficient (Wildman–Crippen LogP) is 3.24. The lowest BCUT2D eigenvalue weighted by atomic mass is 10.2. The third-order valence-electron chi connectivity index (χ3n) is 3.43. The van der Waals surface area contributed by atoms with E-state index < -0.39 is 0 Å². The van der Waals surface area contributed by atoms with Crippen molar-refractivity contribution >= 4 is 33.6 Å². The molecule has 0 spiro atoms. The molecule has 2 aromatic heterocycles. The molecule has 0 saturated heterocycles. The topological polar surface area (TPSA) is 60.9 Å². The number of hydrogen-bond acceptors (Lipinski definition) is 4. The summed E-state index contributed by atoms with van der Waals surface area (Å²) >= 11 is 5.91. The summed E-state index contributed by atoms with van der Waals surface area (Å²) in [6.07, 6.45) is 1.48. The second kappa shape index (κ2) is 4.96. The van der Waals surface area contributed by atoms with Crippen LogP contribution in [-0.4, -0.2) is 14.5 Å². The summed E-state index contributed by atoms with van der Waals surface area (Å²) in [6.45, 7) is 0.235. The van der Waals surface area contributed by atoms with E-state index in [4.69, 9.17) is 16.0 Å². The van der Waals surface area contributed by atoms with E-state index in [1.807, 2.05) is 24.3 Å². The third-order valence-corrected chi connectivity index (χ3v) is 3.67. The van der Waals surface area contributed by atoms with Gasteiger partial charge in [-0.25, -0.2) is 9.97 Å². The number of fused-ring (bicyclic) bond motifs is 2. The highest BCUT2D eigenvalue weighted by Crippen LogP contribution is 2.16. The molecule has 2 heterocycles. The molecule has 0 bridgehead atoms. The second-order valence-corrected chi connectivity index (χ2v) is 5.35. The molecule has 0 atom stereocenters. The highest BCUT2D eigenvalue weighted by molar-refractivity contribution is 6.31. The lowest BCUT2D eigenvalue weighted by Gasteiger charge is -2.04. The fourth-order valence-corrected chi connectivity index (χ4v) is 2.54. The Bertz CT molecular complexity index is 1020. The standard InChI is InChI=1S/C16H10ClN3O2/c17-10-5-6-11-13(7-10)18-9-20(16(11)21)8-15-19-12-3-1-2-4-14(12)22-15/h1-7,9H,8H2. The first-order valence-corrected chi connectivity index (χ1v) is 7.08. The minimum atomic E-state index is -0.149. The highest BCUT2D eigenvalue weighted by Gasteiger charge is 2.09. The van der Waals surface area contributed by atoms with Crippen LogP contribution in [0.1, 0.15) is 5.89 Å². The zero-order valence-corrected chi connectivity index (χ0v) is 12.1. The molecular formula is C16H10ClN3O2. The number of benzene rings is 2. The summed E-state index contributed by atoms with van der Waals surface area (Å²) in [4.78, 5) is 21.1. The first-order chi connectivity index (χ1) is 10.7. The van der Waals surface area contributed by atoms with Crippen molar-refractivity contribution in [2.45, 2.75) is 6.54 Å². The zero-order chi connectivity index (χ0) is 15.1. The number of aromatic nitrogens is 3. The third kappa shape index (κ3) is 2.16. The molecule has 0 aliphatic carbocycles. The Morgan fingerprint density at radius 3 is 2.86 bits per heavy atom. The van der Waals surface area contributed by atoms with Crippen LogP contribution in [0.15, 0.2) is 58.0 Å². The van der Waals surface area contributed by atoms with Gasteiger partial charge in [0.2, 0.25) is 5.89 Å². The molecule has 0 unspecified atom stereocenters. The number of oxazole rings is 1. The Kier molecular flexibility index (Phi) is 2.94. The van der Waals surface area contributed by atoms with Crippen molar-refractivity contribution in [3.05, 3.63) is 70.1 Å². The molecule has 2 aromatic carbocycles. The normalized spacial score (nSPS) is 11.3. The molecule has 4 rings (SSSR count). The van der Waals surface area contributed by atoms with Crippen LogP contribution in [0, 0.1) is 0 Å². The van der Waals surface area contributed by atoms with Gasteiger partial charge >= 0.3 is 0 Å². The van der Waals surface area contributed by atoms with E-state index in [2.05, 4.69) is 9.97 Å². The van der Waals surface area contributed by atoms with Crippen LogP contribution < -0.4 is 5.56 Å². The Morgan fingerprint density at radius 2 is 2.00 bits per heavy atom. The maximum Gasteiger partial charge on any atom is 0.261 e. The van der Waals surface area contributed by atoms with E-state index >= 15 is 0 Å². The van der Waals surface area contributed by atoms with Crippen molar-refractivity contribution in [1.29, 1.82) is 0 Å². The summed E-state index contributed by atoms with van der Waals surface area (Å²) in [5.41, 5.74) is 1.90. The van der Waals surface area contributed by atoms with Gasteiger partial charge in [-0.1, -0.05) is 23.7 Å². The summed E-state index contributed by atoms with van der Waals surface area (Å²) < 4.78 is 7.11. The van der Waals surface area contributed by atoms with Gasteiger partial charge in [0.1, 0.15) is 12.1 Å². The molecule has 0 radical (unpaired) electrons. The van der Waals surface area contributed by atoms with Crippen molar-refractivity contribution in [2.24, 2.45) is 0 Å². The molecule has 0 N–H and O–H groups in total. The monoisotopic (exact) mass is 311 g/mol. The molecule has 6 heteroatoms. The average molecular weight is 312 g/mol. The van der Waals surface area contributed by atoms with E-state index in [1.54, 1.807) is 18.2 Å². The highest BCUT2D eigenvalue weighted by atomic mass is 35.5. The van der Waals surface area contributed by atoms with Gasteiger partial charge in [-0.3, -0.25) is 9.36 Å². The van der Waals surface area contributed by atoms with Crippen molar-refractivity contribution in [3.8, 4) is 0 Å². The smallest absolute Gasteiger partial charge is 0.261 e. The largest absolute Gasteiger partial charge is 0.439 e. The molecule has 0 aliphatic heterocycles. The quantitative estimate of drug-likeness (QED) is 0.570. The molecule has 5 nitrogen and oxygen atoms in total. The van der Waals surface area contributed by atoms with Crippen LogP contribution in [-0.2, 0) is 6.54 Å². The molecule has 0 amide bonds. The van der Waals surface area contributed by atoms with Crippen molar-refractivity contribution in [1.82, 2.24) is 14.5 Å². The maximum absolute atomic E-state index is 12.5. The van der Waals surface area contributed by atoms with Gasteiger partial charge in [-0.05, 0) is 30.3 Å². The number of para-hydroxylation sites is 2. The Hall–Kier alpha value is -2.66. The number of nitrogens with zero attached hydrogens (tertiary/aromatic N) is 3. The van der Waals surface area contributed by atoms with E-state index in [-0.39, 0.29) is 12.1 Å². The summed E-state index contributed by atoms with van der Waals surface area (Å²) in [5.74, 6) is 0.471. The van der Waals surface area contributed by atoms with E-state index in [0.29, 0.717) is 27.4 Å². The summed E-state index contributed by atoms with van der Waals surface area (Å²) in [7, 11) is 0. The Morgan fingerprint density at radius 1 is 1.14 bits per heavy atom.